The molecule has 1 amide bonds. The van der Waals surface area contributed by atoms with E-state index in [0.29, 0.717) is 35.2 Å². The van der Waals surface area contributed by atoms with Crippen LogP contribution in [-0.2, 0) is 35.3 Å². The molecule has 8 aromatic carbocycles. The second kappa shape index (κ2) is 46.4. The van der Waals surface area contributed by atoms with E-state index in [1.807, 2.05) is 103 Å². The number of morpholine rings is 1. The first-order valence-corrected chi connectivity index (χ1v) is 37.7. The lowest BCUT2D eigenvalue weighted by atomic mass is 9.14. The van der Waals surface area contributed by atoms with Gasteiger partial charge >= 0.3 is 11.9 Å². The maximum absolute atomic E-state index is 12.0. The number of imidazole rings is 1. The molecular weight excluding hydrogens is 1290 g/mol. The fourth-order valence-electron chi connectivity index (χ4n) is 12.4. The Morgan fingerprint density at radius 3 is 1.52 bits per heavy atom. The van der Waals surface area contributed by atoms with Gasteiger partial charge in [0.15, 0.2) is 10.6 Å². The Hall–Kier alpha value is -9.00. The highest BCUT2D eigenvalue weighted by Gasteiger charge is 2.29. The Kier molecular flexibility index (Phi) is 37.2. The molecule has 1 saturated heterocycles. The number of aromatic nitrogens is 2. The van der Waals surface area contributed by atoms with Crippen molar-refractivity contribution < 1.29 is 38.3 Å². The lowest BCUT2D eigenvalue weighted by molar-refractivity contribution is -0.929. The predicted molar refractivity (Wildman–Crippen MR) is 427 cm³/mol. The fourth-order valence-corrected chi connectivity index (χ4v) is 13.0. The number of anilines is 2. The van der Waals surface area contributed by atoms with Crippen LogP contribution in [0.5, 0.6) is 0 Å². The van der Waals surface area contributed by atoms with Crippen LogP contribution in [-0.4, -0.2) is 133 Å². The van der Waals surface area contributed by atoms with Crippen molar-refractivity contribution in [3.63, 3.8) is 0 Å². The molecule has 17 heteroatoms. The maximum Gasteiger partial charge on any atom is 0.347 e. The number of para-hydroxylation sites is 4. The van der Waals surface area contributed by atoms with Crippen molar-refractivity contribution in [1.29, 1.82) is 0 Å². The molecule has 0 spiro atoms. The number of oxime groups is 1. The van der Waals surface area contributed by atoms with Crippen molar-refractivity contribution in [3.8, 4) is 0 Å². The van der Waals surface area contributed by atoms with E-state index in [0.717, 1.165) is 40.8 Å². The normalized spacial score (nSPS) is 11.9. The van der Waals surface area contributed by atoms with Crippen LogP contribution >= 0.6 is 24.0 Å². The summed E-state index contributed by atoms with van der Waals surface area (Å²) in [6.07, 6.45) is 17.6. The van der Waals surface area contributed by atoms with Crippen LogP contribution in [0.25, 0.3) is 17.1 Å². The lowest BCUT2D eigenvalue weighted by Crippen LogP contribution is -2.66. The van der Waals surface area contributed by atoms with E-state index in [1.165, 1.54) is 127 Å². The predicted octanol–water partition coefficient (Wildman–Crippen LogP) is 17.2. The van der Waals surface area contributed by atoms with Gasteiger partial charge in [-0.25, -0.2) is 4.79 Å². The van der Waals surface area contributed by atoms with E-state index in [-0.39, 0.29) is 32.2 Å². The summed E-state index contributed by atoms with van der Waals surface area (Å²) in [7, 11) is 0. The van der Waals surface area contributed by atoms with E-state index < -0.39 is 18.1 Å². The summed E-state index contributed by atoms with van der Waals surface area (Å²) < 4.78 is 12.8. The number of ether oxygens (including phenoxy) is 2. The molecule has 0 unspecified atom stereocenters. The quantitative estimate of drug-likeness (QED) is 0.00464. The van der Waals surface area contributed by atoms with Crippen LogP contribution in [0, 0.1) is 4.77 Å². The minimum atomic E-state index is -0.980. The van der Waals surface area contributed by atoms with Crippen molar-refractivity contribution in [2.75, 3.05) is 88.7 Å². The van der Waals surface area contributed by atoms with Crippen LogP contribution in [0.15, 0.2) is 241 Å². The van der Waals surface area contributed by atoms with Crippen molar-refractivity contribution in [3.05, 3.63) is 252 Å². The summed E-state index contributed by atoms with van der Waals surface area (Å²) in [6.45, 7) is 23.4. The SMILES string of the molecule is C=Cc1ccc(COC(=O)CO/N=C(/c2ccc(SC)cc2)N2CCOCC2)cc1.CCCC[B-](c1ccccc1)(c1ccccc1)c1ccccc1.CCCC[N+](CCCC)(CCCC)CCCC.O=C(O)CN(CC(=O)Nc1ccccc1)c1ccccc1.S=c1[nH]c2ccccc2[nH]1. The van der Waals surface area contributed by atoms with Gasteiger partial charge in [0.05, 0.1) is 63.1 Å². The van der Waals surface area contributed by atoms with E-state index in [9.17, 15) is 14.4 Å². The molecule has 2 heterocycles. The van der Waals surface area contributed by atoms with E-state index in [4.69, 9.17) is 31.6 Å². The molecule has 0 atom stereocenters. The van der Waals surface area contributed by atoms with Crippen LogP contribution < -0.4 is 26.6 Å². The second-order valence-electron chi connectivity index (χ2n) is 25.3. The number of nitrogens with one attached hydrogen (secondary N) is 3. The molecule has 1 aliphatic rings. The fraction of sp³-hybridized carbons (Fsp3) is 0.345. The number of nitrogens with zero attached hydrogens (tertiary/aromatic N) is 4. The van der Waals surface area contributed by atoms with Crippen LogP contribution in [0.3, 0.4) is 0 Å². The number of carboxylic acids is 1. The highest BCUT2D eigenvalue weighted by atomic mass is 32.2. The number of thioether (sulfide) groups is 1. The number of unbranched alkanes of at least 4 members (excludes halogenated alkanes) is 5. The summed E-state index contributed by atoms with van der Waals surface area (Å²) in [5, 5.41) is 16.0. The number of amides is 1. The van der Waals surface area contributed by atoms with Gasteiger partial charge in [-0.2, -0.15) is 22.7 Å². The number of carboxylic acid groups (broad SMARTS) is 1. The third kappa shape index (κ3) is 28.2. The van der Waals surface area contributed by atoms with Gasteiger partial charge in [0.25, 0.3) is 0 Å². The first-order valence-electron chi connectivity index (χ1n) is 36.1. The lowest BCUT2D eigenvalue weighted by Gasteiger charge is -2.43. The molecule has 4 N–H and O–H groups in total. The van der Waals surface area contributed by atoms with Gasteiger partial charge in [0.1, 0.15) is 13.2 Å². The molecule has 101 heavy (non-hydrogen) atoms. The van der Waals surface area contributed by atoms with Gasteiger partial charge in [-0.3, -0.25) is 9.59 Å². The average molecular weight is 1400 g/mol. The number of H-pyrrole nitrogens is 2. The summed E-state index contributed by atoms with van der Waals surface area (Å²) in [6, 6.07) is 74.9. The average Bonchev–Trinajstić information content (AvgIpc) is 1.21. The van der Waals surface area contributed by atoms with Gasteiger partial charge in [-0.05, 0) is 104 Å². The number of benzene rings is 8. The van der Waals surface area contributed by atoms with Gasteiger partial charge in [-0.15, -0.1) is 11.8 Å². The Morgan fingerprint density at radius 1 is 0.624 bits per heavy atom. The van der Waals surface area contributed by atoms with Crippen LogP contribution in [0.1, 0.15) is 116 Å². The number of quaternary nitrogens is 1. The van der Waals surface area contributed by atoms with Crippen LogP contribution in [0.4, 0.5) is 11.4 Å². The summed E-state index contributed by atoms with van der Waals surface area (Å²) in [5.41, 5.74) is 10.7. The minimum absolute atomic E-state index is 0.0226. The maximum atomic E-state index is 12.0. The van der Waals surface area contributed by atoms with Crippen LogP contribution in [0.2, 0.25) is 6.32 Å². The van der Waals surface area contributed by atoms with Crippen molar-refractivity contribution in [2.24, 2.45) is 5.16 Å². The number of fused-ring (bicyclic) bond motifs is 1. The molecule has 0 saturated carbocycles. The molecule has 1 aromatic heterocycles. The highest BCUT2D eigenvalue weighted by molar-refractivity contribution is 7.98. The zero-order valence-corrected chi connectivity index (χ0v) is 62.1. The Balaban J connectivity index is 0.000000206. The Morgan fingerprint density at radius 2 is 1.08 bits per heavy atom. The minimum Gasteiger partial charge on any atom is -0.480 e. The molecule has 14 nitrogen and oxygen atoms in total. The molecular formula is C84H108BN7O7S2. The van der Waals surface area contributed by atoms with Crippen molar-refractivity contribution >= 4 is 98.7 Å². The molecule has 9 aromatic rings. The largest absolute Gasteiger partial charge is 0.480 e. The molecule has 1 fully saturated rings. The number of aliphatic carboxylic acids is 1. The zero-order valence-electron chi connectivity index (χ0n) is 60.5. The number of rotatable bonds is 32. The highest BCUT2D eigenvalue weighted by Crippen LogP contribution is 2.21. The number of carbonyl (C=O) groups excluding carboxylic acids is 2. The molecule has 0 radical (unpaired) electrons. The summed E-state index contributed by atoms with van der Waals surface area (Å²) in [5.74, 6) is -1.01. The number of hydrogen-bond acceptors (Lipinski definition) is 10. The monoisotopic (exact) mass is 1400 g/mol. The number of hydrogen-bond donors (Lipinski definition) is 4. The first kappa shape index (κ1) is 81.0. The topological polar surface area (TPSA) is 162 Å². The number of aromatic amines is 2. The summed E-state index contributed by atoms with van der Waals surface area (Å²) >= 11 is 6.58. The van der Waals surface area contributed by atoms with Crippen molar-refractivity contribution in [2.45, 2.75) is 117 Å². The van der Waals surface area contributed by atoms with E-state index in [2.05, 4.69) is 158 Å². The zero-order chi connectivity index (χ0) is 72.2. The number of carbonyl (C=O) groups is 3. The summed E-state index contributed by atoms with van der Waals surface area (Å²) in [4.78, 5) is 51.2. The molecule has 0 aliphatic carbocycles. The second-order valence-corrected chi connectivity index (χ2v) is 26.6. The van der Waals surface area contributed by atoms with E-state index in [1.54, 1.807) is 54.2 Å². The van der Waals surface area contributed by atoms with Gasteiger partial charge in [0, 0.05) is 34.9 Å². The standard InChI is InChI=1S/C23H26N2O4S.C22H24B.C16H16N2O3.C16H36N.C7H6N2S/c1-3-18-4-6-19(7-5-18)16-28-22(26)17-29-24-23(25-12-14-27-15-13-25)20-8-10-21(30-2)11-9-20;1-2-3-19-23(20-13-7-4-8-14-20,21-15-9-5-10-16-21)22-17-11-6-12-18-22;19-15(17-13-7-3-1-4-8-13)11-18(12-16(20)21)14-9-5-2-6-10-14;1-5-9-13-17(14-10-6-2,15-11-7-3)16-12-8-4;10-7-8-5-3-1-2-4-6(5)9-7/h3-11H,1,12-17H2,2H3;4-18H,2-3,19H2,1H3;1-10H,11-12H2,(H,17,19)(H,20,21);5-16H2,1-4H3;1-4H,(H2,8,9,10)/q;-1;;+1;/b24-23-;;;;. The number of amidine groups is 1. The first-order chi connectivity index (χ1) is 49.3. The molecule has 10 rings (SSSR count). The van der Waals surface area contributed by atoms with E-state index >= 15 is 0 Å². The molecule has 536 valence electrons. The molecule has 1 aliphatic heterocycles. The third-order valence-corrected chi connectivity index (χ3v) is 18.9. The third-order valence-electron chi connectivity index (χ3n) is 17.9. The van der Waals surface area contributed by atoms with Gasteiger partial charge in [-0.1, -0.05) is 267 Å². The molecule has 0 bridgehead atoms. The Bertz CT molecular complexity index is 3670. The smallest absolute Gasteiger partial charge is 0.347 e. The Labute approximate surface area is 611 Å². The number of esters is 1. The van der Waals surface area contributed by atoms with Gasteiger partial charge < -0.3 is 49.0 Å². The van der Waals surface area contributed by atoms with Gasteiger partial charge in [0.2, 0.25) is 12.5 Å². The van der Waals surface area contributed by atoms with Crippen molar-refractivity contribution in [1.82, 2.24) is 14.9 Å².